The first-order valence-electron chi connectivity index (χ1n) is 6.29. The molecule has 92 valence electrons. The molecule has 1 aliphatic heterocycles. The van der Waals surface area contributed by atoms with E-state index in [1.807, 2.05) is 29.9 Å². The van der Waals surface area contributed by atoms with Crippen molar-refractivity contribution in [1.29, 1.82) is 0 Å². The summed E-state index contributed by atoms with van der Waals surface area (Å²) in [6.07, 6.45) is 5.66. The molecule has 4 heteroatoms. The van der Waals surface area contributed by atoms with Crippen molar-refractivity contribution in [3.05, 3.63) is 24.0 Å². The maximum Gasteiger partial charge on any atom is 0.268 e. The Kier molecular flexibility index (Phi) is 2.67. The van der Waals surface area contributed by atoms with Gasteiger partial charge in [-0.3, -0.25) is 4.79 Å². The molecular formula is C13H18N2O2. The van der Waals surface area contributed by atoms with Crippen LogP contribution in [0.15, 0.2) is 18.3 Å². The molecule has 1 saturated carbocycles. The third kappa shape index (κ3) is 2.09. The van der Waals surface area contributed by atoms with Crippen molar-refractivity contribution >= 4 is 5.91 Å². The number of amides is 1. The molecule has 3 atom stereocenters. The zero-order valence-electron chi connectivity index (χ0n) is 10.1. The van der Waals surface area contributed by atoms with Gasteiger partial charge in [0.25, 0.3) is 5.91 Å². The van der Waals surface area contributed by atoms with Gasteiger partial charge in [-0.25, -0.2) is 0 Å². The van der Waals surface area contributed by atoms with Crippen LogP contribution in [0.1, 0.15) is 29.8 Å². The Labute approximate surface area is 101 Å². The van der Waals surface area contributed by atoms with Crippen LogP contribution in [0.25, 0.3) is 0 Å². The highest BCUT2D eigenvalue weighted by atomic mass is 16.5. The van der Waals surface area contributed by atoms with Gasteiger partial charge in [0.15, 0.2) is 0 Å². The minimum atomic E-state index is 0.0306. The summed E-state index contributed by atoms with van der Waals surface area (Å²) in [7, 11) is 1.89. The Morgan fingerprint density at radius 3 is 3.12 bits per heavy atom. The molecule has 2 aliphatic rings. The number of ether oxygens (including phenoxy) is 1. The van der Waals surface area contributed by atoms with E-state index in [9.17, 15) is 4.79 Å². The highest BCUT2D eigenvalue weighted by Gasteiger charge is 2.45. The number of aromatic nitrogens is 1. The van der Waals surface area contributed by atoms with Gasteiger partial charge in [-0.05, 0) is 31.4 Å². The van der Waals surface area contributed by atoms with Crippen molar-refractivity contribution in [2.45, 2.75) is 31.4 Å². The van der Waals surface area contributed by atoms with Gasteiger partial charge in [0, 0.05) is 31.8 Å². The number of nitrogens with one attached hydrogen (secondary N) is 1. The van der Waals surface area contributed by atoms with Gasteiger partial charge < -0.3 is 14.6 Å². The van der Waals surface area contributed by atoms with E-state index in [-0.39, 0.29) is 5.91 Å². The Hall–Kier alpha value is -1.29. The standard InChI is InChI=1S/C13H18N2O2/c1-15-6-2-4-11(15)13(16)14-10-8-9(10)12-5-3-7-17-12/h2,4,6,9-10,12H,3,5,7-8H2,1H3,(H,14,16)/t9-,10-,12?/m1/s1. The number of rotatable bonds is 3. The number of nitrogens with zero attached hydrogens (tertiary/aromatic N) is 1. The van der Waals surface area contributed by atoms with Crippen LogP contribution in [-0.4, -0.2) is 29.2 Å². The first-order valence-corrected chi connectivity index (χ1v) is 6.29. The van der Waals surface area contributed by atoms with Crippen LogP contribution in [0.4, 0.5) is 0 Å². The lowest BCUT2D eigenvalue weighted by molar-refractivity contribution is 0.0862. The molecular weight excluding hydrogens is 216 g/mol. The molecule has 0 spiro atoms. The molecule has 0 radical (unpaired) electrons. The zero-order valence-corrected chi connectivity index (χ0v) is 10.1. The molecule has 1 N–H and O–H groups in total. The van der Waals surface area contributed by atoms with E-state index < -0.39 is 0 Å². The van der Waals surface area contributed by atoms with Crippen LogP contribution in [0.5, 0.6) is 0 Å². The Morgan fingerprint density at radius 2 is 2.47 bits per heavy atom. The van der Waals surface area contributed by atoms with E-state index in [1.165, 1.54) is 6.42 Å². The summed E-state index contributed by atoms with van der Waals surface area (Å²) < 4.78 is 7.49. The van der Waals surface area contributed by atoms with Crippen molar-refractivity contribution in [3.8, 4) is 0 Å². The van der Waals surface area contributed by atoms with Crippen molar-refractivity contribution in [2.75, 3.05) is 6.61 Å². The number of hydrogen-bond acceptors (Lipinski definition) is 2. The van der Waals surface area contributed by atoms with E-state index in [0.717, 1.165) is 25.1 Å². The third-order valence-electron chi connectivity index (χ3n) is 3.78. The Balaban J connectivity index is 1.55. The van der Waals surface area contributed by atoms with E-state index in [4.69, 9.17) is 4.74 Å². The second kappa shape index (κ2) is 4.18. The van der Waals surface area contributed by atoms with Gasteiger partial charge in [-0.2, -0.15) is 0 Å². The third-order valence-corrected chi connectivity index (χ3v) is 3.78. The van der Waals surface area contributed by atoms with Crippen molar-refractivity contribution < 1.29 is 9.53 Å². The first-order chi connectivity index (χ1) is 8.25. The topological polar surface area (TPSA) is 43.3 Å². The van der Waals surface area contributed by atoms with E-state index in [1.54, 1.807) is 0 Å². The maximum atomic E-state index is 12.0. The number of hydrogen-bond donors (Lipinski definition) is 1. The summed E-state index contributed by atoms with van der Waals surface area (Å²) in [5.74, 6) is 0.574. The molecule has 4 nitrogen and oxygen atoms in total. The monoisotopic (exact) mass is 234 g/mol. The quantitative estimate of drug-likeness (QED) is 0.857. The first kappa shape index (κ1) is 10.8. The number of carbonyl (C=O) groups excluding carboxylic acids is 1. The summed E-state index contributed by atoms with van der Waals surface area (Å²) in [5.41, 5.74) is 0.725. The van der Waals surface area contributed by atoms with E-state index >= 15 is 0 Å². The molecule has 1 amide bonds. The molecule has 0 aromatic carbocycles. The van der Waals surface area contributed by atoms with Crippen LogP contribution in [0.3, 0.4) is 0 Å². The smallest absolute Gasteiger partial charge is 0.268 e. The molecule has 1 aromatic heterocycles. The number of carbonyl (C=O) groups is 1. The van der Waals surface area contributed by atoms with E-state index in [2.05, 4.69) is 5.32 Å². The SMILES string of the molecule is Cn1cccc1C(=O)N[C@@H]1C[C@H]1C1CCCO1. The van der Waals surface area contributed by atoms with Gasteiger partial charge in [-0.15, -0.1) is 0 Å². The fraction of sp³-hybridized carbons (Fsp3) is 0.615. The van der Waals surface area contributed by atoms with Crippen LogP contribution in [0.2, 0.25) is 0 Å². The molecule has 1 unspecified atom stereocenters. The maximum absolute atomic E-state index is 12.0. The van der Waals surface area contributed by atoms with Crippen molar-refractivity contribution in [2.24, 2.45) is 13.0 Å². The molecule has 1 aliphatic carbocycles. The average molecular weight is 234 g/mol. The molecule has 0 bridgehead atoms. The molecule has 2 heterocycles. The minimum absolute atomic E-state index is 0.0306. The molecule has 1 saturated heterocycles. The predicted octanol–water partition coefficient (Wildman–Crippen LogP) is 1.32. The van der Waals surface area contributed by atoms with Crippen molar-refractivity contribution in [3.63, 3.8) is 0 Å². The van der Waals surface area contributed by atoms with Crippen molar-refractivity contribution in [1.82, 2.24) is 9.88 Å². The predicted molar refractivity (Wildman–Crippen MR) is 63.7 cm³/mol. The molecule has 1 aromatic rings. The van der Waals surface area contributed by atoms with Crippen LogP contribution >= 0.6 is 0 Å². The lowest BCUT2D eigenvalue weighted by Crippen LogP contribution is -2.30. The minimum Gasteiger partial charge on any atom is -0.378 e. The summed E-state index contributed by atoms with van der Waals surface area (Å²) in [4.78, 5) is 12.0. The summed E-state index contributed by atoms with van der Waals surface area (Å²) in [6, 6.07) is 4.05. The van der Waals surface area contributed by atoms with Gasteiger partial charge in [0.2, 0.25) is 0 Å². The van der Waals surface area contributed by atoms with Crippen LogP contribution in [0, 0.1) is 5.92 Å². The Bertz CT molecular complexity index is 421. The van der Waals surface area contributed by atoms with E-state index in [0.29, 0.717) is 18.1 Å². The van der Waals surface area contributed by atoms with Gasteiger partial charge >= 0.3 is 0 Å². The zero-order chi connectivity index (χ0) is 11.8. The number of aryl methyl sites for hydroxylation is 1. The second-order valence-corrected chi connectivity index (χ2v) is 5.04. The second-order valence-electron chi connectivity index (χ2n) is 5.04. The van der Waals surface area contributed by atoms with Crippen LogP contribution in [-0.2, 0) is 11.8 Å². The lowest BCUT2D eigenvalue weighted by atomic mass is 10.1. The highest BCUT2D eigenvalue weighted by molar-refractivity contribution is 5.93. The lowest BCUT2D eigenvalue weighted by Gasteiger charge is -2.09. The fourth-order valence-electron chi connectivity index (χ4n) is 2.67. The van der Waals surface area contributed by atoms with Gasteiger partial charge in [0.1, 0.15) is 5.69 Å². The summed E-state index contributed by atoms with van der Waals surface area (Å²) in [6.45, 7) is 0.889. The normalized spacial score (nSPS) is 31.5. The molecule has 2 fully saturated rings. The summed E-state index contributed by atoms with van der Waals surface area (Å²) in [5, 5.41) is 3.08. The average Bonchev–Trinajstić information content (AvgIpc) is 2.77. The van der Waals surface area contributed by atoms with Crippen LogP contribution < -0.4 is 5.32 Å². The van der Waals surface area contributed by atoms with Gasteiger partial charge in [0.05, 0.1) is 6.10 Å². The van der Waals surface area contributed by atoms with Gasteiger partial charge in [-0.1, -0.05) is 0 Å². The molecule has 3 rings (SSSR count). The highest BCUT2D eigenvalue weighted by Crippen LogP contribution is 2.39. The summed E-state index contributed by atoms with van der Waals surface area (Å²) >= 11 is 0. The largest absolute Gasteiger partial charge is 0.378 e. The fourth-order valence-corrected chi connectivity index (χ4v) is 2.67. The Morgan fingerprint density at radius 1 is 1.59 bits per heavy atom. The molecule has 17 heavy (non-hydrogen) atoms.